The van der Waals surface area contributed by atoms with Gasteiger partial charge in [0, 0.05) is 11.3 Å². The zero-order chi connectivity index (χ0) is 18.1. The average Bonchev–Trinajstić information content (AvgIpc) is 2.51. The van der Waals surface area contributed by atoms with Gasteiger partial charge >= 0.3 is 5.92 Å². The van der Waals surface area contributed by atoms with Gasteiger partial charge in [-0.2, -0.15) is 8.78 Å². The number of alkyl halides is 2. The number of carbonyl (C=O) groups excluding carboxylic acids is 2. The molecule has 2 aromatic carbocycles. The lowest BCUT2D eigenvalue weighted by molar-refractivity contribution is -0.143. The Morgan fingerprint density at radius 2 is 1.67 bits per heavy atom. The van der Waals surface area contributed by atoms with Gasteiger partial charge in [0.1, 0.15) is 11.6 Å². The summed E-state index contributed by atoms with van der Waals surface area (Å²) in [5, 5.41) is 2.36. The van der Waals surface area contributed by atoms with Gasteiger partial charge in [-0.05, 0) is 48.9 Å². The molecule has 2 rings (SSSR count). The first-order valence-corrected chi connectivity index (χ1v) is 6.68. The number of aryl methyl sites for hydroxylation is 1. The van der Waals surface area contributed by atoms with Crippen molar-refractivity contribution in [2.24, 2.45) is 5.73 Å². The Labute approximate surface area is 134 Å². The van der Waals surface area contributed by atoms with Crippen molar-refractivity contribution >= 4 is 17.5 Å². The van der Waals surface area contributed by atoms with E-state index >= 15 is 0 Å². The van der Waals surface area contributed by atoms with Crippen molar-refractivity contribution < 1.29 is 27.2 Å². The van der Waals surface area contributed by atoms with Gasteiger partial charge in [-0.1, -0.05) is 0 Å². The summed E-state index contributed by atoms with van der Waals surface area (Å²) in [6, 6.07) is 5.91. The topological polar surface area (TPSA) is 72.2 Å². The van der Waals surface area contributed by atoms with Crippen LogP contribution < -0.4 is 11.1 Å². The van der Waals surface area contributed by atoms with Crippen molar-refractivity contribution in [3.05, 3.63) is 64.7 Å². The van der Waals surface area contributed by atoms with Crippen molar-refractivity contribution in [1.29, 1.82) is 0 Å². The number of hydrogen-bond donors (Lipinski definition) is 2. The van der Waals surface area contributed by atoms with Crippen LogP contribution in [0.3, 0.4) is 0 Å². The van der Waals surface area contributed by atoms with Crippen LogP contribution in [0.4, 0.5) is 23.2 Å². The minimum Gasteiger partial charge on any atom is -0.364 e. The molecule has 0 spiro atoms. The normalized spacial score (nSPS) is 11.2. The summed E-state index contributed by atoms with van der Waals surface area (Å²) >= 11 is 0. The number of rotatable bonds is 4. The van der Waals surface area contributed by atoms with Crippen LogP contribution in [0, 0.1) is 18.6 Å². The van der Waals surface area contributed by atoms with E-state index in [1.807, 2.05) is 0 Å². The van der Waals surface area contributed by atoms with Gasteiger partial charge < -0.3 is 11.1 Å². The van der Waals surface area contributed by atoms with Gasteiger partial charge in [-0.3, -0.25) is 9.59 Å². The summed E-state index contributed by atoms with van der Waals surface area (Å²) in [5.41, 5.74) is 3.45. The largest absolute Gasteiger partial charge is 0.364 e. The maximum Gasteiger partial charge on any atom is 0.352 e. The van der Waals surface area contributed by atoms with Crippen molar-refractivity contribution in [2.45, 2.75) is 12.8 Å². The molecule has 2 amide bonds. The highest BCUT2D eigenvalue weighted by Gasteiger charge is 2.41. The zero-order valence-electron chi connectivity index (χ0n) is 12.4. The predicted octanol–water partition coefficient (Wildman–Crippen LogP) is 3.10. The molecule has 3 N–H and O–H groups in total. The van der Waals surface area contributed by atoms with Crippen LogP contribution in [0.5, 0.6) is 0 Å². The number of nitrogens with two attached hydrogens (primary N) is 1. The molecule has 0 atom stereocenters. The third-order valence-corrected chi connectivity index (χ3v) is 3.29. The minimum absolute atomic E-state index is 0.228. The van der Waals surface area contributed by atoms with E-state index in [1.165, 1.54) is 19.1 Å². The summed E-state index contributed by atoms with van der Waals surface area (Å²) < 4.78 is 54.0. The highest BCUT2D eigenvalue weighted by molar-refractivity contribution is 6.04. The number of halogens is 4. The molecular formula is C16H12F4N2O2. The molecule has 2 aromatic rings. The Morgan fingerprint density at radius 3 is 2.25 bits per heavy atom. The average molecular weight is 340 g/mol. The van der Waals surface area contributed by atoms with Crippen LogP contribution in [0.1, 0.15) is 21.5 Å². The molecule has 0 radical (unpaired) electrons. The number of carbonyl (C=O) groups is 2. The van der Waals surface area contributed by atoms with E-state index in [-0.39, 0.29) is 16.8 Å². The number of primary amides is 1. The summed E-state index contributed by atoms with van der Waals surface area (Å²) in [6.07, 6.45) is 0. The second-order valence-electron chi connectivity index (χ2n) is 5.05. The minimum atomic E-state index is -4.26. The molecule has 0 heterocycles. The van der Waals surface area contributed by atoms with Crippen LogP contribution in [-0.2, 0) is 10.7 Å². The third-order valence-electron chi connectivity index (χ3n) is 3.29. The maximum atomic E-state index is 13.6. The Hall–Kier alpha value is -2.90. The molecule has 0 aromatic heterocycles. The lowest BCUT2D eigenvalue weighted by Crippen LogP contribution is -2.34. The van der Waals surface area contributed by atoms with Gasteiger partial charge in [0.15, 0.2) is 0 Å². The van der Waals surface area contributed by atoms with Gasteiger partial charge in [-0.15, -0.1) is 0 Å². The summed E-state index contributed by atoms with van der Waals surface area (Å²) in [6.45, 7) is 1.48. The van der Waals surface area contributed by atoms with E-state index in [0.29, 0.717) is 12.1 Å². The summed E-state index contributed by atoms with van der Waals surface area (Å²) in [4.78, 5) is 22.9. The molecule has 0 bridgehead atoms. The third kappa shape index (κ3) is 3.37. The molecule has 0 aliphatic rings. The SMILES string of the molecule is Cc1cc(NC(=O)c2ccc(F)c(C(F)(F)C(N)=O)c2)ccc1F. The standard InChI is InChI=1S/C16H12F4N2O2/c1-8-6-10(3-5-12(8)17)22-14(23)9-2-4-13(18)11(7-9)16(19,20)15(21)24/h2-7H,1H3,(H2,21,24)(H,22,23). The lowest BCUT2D eigenvalue weighted by atomic mass is 10.0. The Bertz CT molecular complexity index is 822. The number of benzene rings is 2. The van der Waals surface area contributed by atoms with Crippen LogP contribution in [-0.4, -0.2) is 11.8 Å². The summed E-state index contributed by atoms with van der Waals surface area (Å²) in [7, 11) is 0. The molecule has 0 aliphatic heterocycles. The quantitative estimate of drug-likeness (QED) is 0.840. The van der Waals surface area contributed by atoms with E-state index in [1.54, 1.807) is 0 Å². The van der Waals surface area contributed by atoms with E-state index in [2.05, 4.69) is 11.1 Å². The van der Waals surface area contributed by atoms with E-state index < -0.39 is 34.9 Å². The van der Waals surface area contributed by atoms with Gasteiger partial charge in [-0.25, -0.2) is 8.78 Å². The molecular weight excluding hydrogens is 328 g/mol. The number of amides is 2. The van der Waals surface area contributed by atoms with Crippen molar-refractivity contribution in [2.75, 3.05) is 5.32 Å². The smallest absolute Gasteiger partial charge is 0.352 e. The predicted molar refractivity (Wildman–Crippen MR) is 78.6 cm³/mol. The molecule has 126 valence electrons. The zero-order valence-corrected chi connectivity index (χ0v) is 12.4. The second kappa shape index (κ2) is 6.31. The molecule has 0 aliphatic carbocycles. The van der Waals surface area contributed by atoms with Crippen LogP contribution in [0.15, 0.2) is 36.4 Å². The van der Waals surface area contributed by atoms with Crippen LogP contribution in [0.25, 0.3) is 0 Å². The molecule has 24 heavy (non-hydrogen) atoms. The Morgan fingerprint density at radius 1 is 1.04 bits per heavy atom. The number of anilines is 1. The fourth-order valence-corrected chi connectivity index (χ4v) is 1.97. The van der Waals surface area contributed by atoms with Crippen LogP contribution in [0.2, 0.25) is 0 Å². The monoisotopic (exact) mass is 340 g/mol. The molecule has 0 fully saturated rings. The van der Waals surface area contributed by atoms with Crippen molar-refractivity contribution in [1.82, 2.24) is 0 Å². The first-order chi connectivity index (χ1) is 11.1. The maximum absolute atomic E-state index is 13.6. The molecule has 0 saturated heterocycles. The van der Waals surface area contributed by atoms with Gasteiger partial charge in [0.05, 0.1) is 5.56 Å². The fraction of sp³-hybridized carbons (Fsp3) is 0.125. The van der Waals surface area contributed by atoms with Gasteiger partial charge in [0.2, 0.25) is 0 Å². The molecule has 4 nitrogen and oxygen atoms in total. The highest BCUT2D eigenvalue weighted by Crippen LogP contribution is 2.30. The van der Waals surface area contributed by atoms with E-state index in [0.717, 1.165) is 12.1 Å². The number of hydrogen-bond acceptors (Lipinski definition) is 2. The Kier molecular flexibility index (Phi) is 4.59. The molecule has 8 heteroatoms. The fourth-order valence-electron chi connectivity index (χ4n) is 1.97. The first kappa shape index (κ1) is 17.5. The molecule has 0 saturated carbocycles. The van der Waals surface area contributed by atoms with Gasteiger partial charge in [0.25, 0.3) is 11.8 Å². The van der Waals surface area contributed by atoms with Crippen molar-refractivity contribution in [3.63, 3.8) is 0 Å². The Balaban J connectivity index is 2.33. The first-order valence-electron chi connectivity index (χ1n) is 6.68. The van der Waals surface area contributed by atoms with Crippen molar-refractivity contribution in [3.8, 4) is 0 Å². The molecule has 0 unspecified atom stereocenters. The van der Waals surface area contributed by atoms with E-state index in [9.17, 15) is 27.2 Å². The number of nitrogens with one attached hydrogen (secondary N) is 1. The lowest BCUT2D eigenvalue weighted by Gasteiger charge is -2.14. The van der Waals surface area contributed by atoms with E-state index in [4.69, 9.17) is 0 Å². The summed E-state index contributed by atoms with van der Waals surface area (Å²) in [5.74, 6) is -8.96. The second-order valence-corrected chi connectivity index (χ2v) is 5.05. The highest BCUT2D eigenvalue weighted by atomic mass is 19.3. The van der Waals surface area contributed by atoms with Crippen LogP contribution >= 0.6 is 0 Å².